The van der Waals surface area contributed by atoms with E-state index in [9.17, 15) is 4.79 Å². The summed E-state index contributed by atoms with van der Waals surface area (Å²) in [5.41, 5.74) is 0. The lowest BCUT2D eigenvalue weighted by molar-refractivity contribution is -0.137. The van der Waals surface area contributed by atoms with Crippen molar-refractivity contribution in [3.8, 4) is 0 Å². The van der Waals surface area contributed by atoms with Crippen LogP contribution in [0.5, 0.6) is 0 Å². The first kappa shape index (κ1) is 14.8. The first-order valence-electron chi connectivity index (χ1n) is 8.16. The molecule has 3 heteroatoms. The van der Waals surface area contributed by atoms with Gasteiger partial charge in [-0.15, -0.1) is 0 Å². The molecule has 1 saturated heterocycles. The number of hydrogen-bond acceptors (Lipinski definition) is 2. The Morgan fingerprint density at radius 2 is 2.00 bits per heavy atom. The van der Waals surface area contributed by atoms with E-state index in [1.165, 1.54) is 51.5 Å². The molecule has 1 aliphatic heterocycles. The van der Waals surface area contributed by atoms with E-state index in [1.54, 1.807) is 0 Å². The van der Waals surface area contributed by atoms with Gasteiger partial charge < -0.3 is 5.11 Å². The molecule has 3 atom stereocenters. The third-order valence-electron chi connectivity index (χ3n) is 5.18. The predicted molar refractivity (Wildman–Crippen MR) is 77.2 cm³/mol. The van der Waals surface area contributed by atoms with Crippen LogP contribution in [-0.4, -0.2) is 35.1 Å². The molecule has 0 aromatic rings. The molecule has 1 N–H and O–H groups in total. The minimum Gasteiger partial charge on any atom is -0.481 e. The maximum Gasteiger partial charge on any atom is 0.303 e. The number of likely N-dealkylation sites (tertiary alicyclic amines) is 1. The maximum atomic E-state index is 10.7. The Kier molecular flexibility index (Phi) is 5.68. The normalized spacial score (nSPS) is 33.2. The van der Waals surface area contributed by atoms with Crippen LogP contribution in [0.2, 0.25) is 0 Å². The summed E-state index contributed by atoms with van der Waals surface area (Å²) >= 11 is 0. The monoisotopic (exact) mass is 267 g/mol. The van der Waals surface area contributed by atoms with Crippen LogP contribution in [0.15, 0.2) is 0 Å². The summed E-state index contributed by atoms with van der Waals surface area (Å²) in [6, 6.07) is 0.784. The summed E-state index contributed by atoms with van der Waals surface area (Å²) in [4.78, 5) is 13.4. The first-order valence-corrected chi connectivity index (χ1v) is 8.16. The number of carboxylic acids is 1. The van der Waals surface area contributed by atoms with Gasteiger partial charge in [0.1, 0.15) is 0 Å². The van der Waals surface area contributed by atoms with Gasteiger partial charge in [-0.25, -0.2) is 0 Å². The van der Waals surface area contributed by atoms with Crippen molar-refractivity contribution in [2.45, 2.75) is 70.8 Å². The fraction of sp³-hybridized carbons (Fsp3) is 0.938. The van der Waals surface area contributed by atoms with Crippen LogP contribution >= 0.6 is 0 Å². The molecule has 110 valence electrons. The molecule has 0 spiro atoms. The van der Waals surface area contributed by atoms with Crippen molar-refractivity contribution < 1.29 is 9.90 Å². The zero-order valence-electron chi connectivity index (χ0n) is 12.3. The van der Waals surface area contributed by atoms with Crippen molar-refractivity contribution in [3.05, 3.63) is 0 Å². The van der Waals surface area contributed by atoms with Gasteiger partial charge in [-0.2, -0.15) is 0 Å². The van der Waals surface area contributed by atoms with Crippen LogP contribution in [-0.2, 0) is 4.79 Å². The lowest BCUT2D eigenvalue weighted by atomic mass is 9.80. The van der Waals surface area contributed by atoms with Gasteiger partial charge in [0.25, 0.3) is 0 Å². The van der Waals surface area contributed by atoms with Crippen molar-refractivity contribution in [2.24, 2.45) is 11.8 Å². The molecule has 3 nitrogen and oxygen atoms in total. The second-order valence-electron chi connectivity index (χ2n) is 6.46. The summed E-state index contributed by atoms with van der Waals surface area (Å²) in [5.74, 6) is 0.859. The molecule has 2 fully saturated rings. The summed E-state index contributed by atoms with van der Waals surface area (Å²) < 4.78 is 0. The number of hydrogen-bond donors (Lipinski definition) is 1. The smallest absolute Gasteiger partial charge is 0.303 e. The Morgan fingerprint density at radius 3 is 2.74 bits per heavy atom. The molecule has 0 aromatic heterocycles. The second kappa shape index (κ2) is 7.28. The van der Waals surface area contributed by atoms with E-state index in [0.29, 0.717) is 12.3 Å². The molecule has 0 bridgehead atoms. The maximum absolute atomic E-state index is 10.7. The number of carbonyl (C=O) groups is 1. The molecular formula is C16H29NO2. The van der Waals surface area contributed by atoms with Crippen LogP contribution < -0.4 is 0 Å². The third kappa shape index (κ3) is 4.20. The van der Waals surface area contributed by atoms with Gasteiger partial charge in [0.05, 0.1) is 0 Å². The van der Waals surface area contributed by atoms with E-state index >= 15 is 0 Å². The van der Waals surface area contributed by atoms with E-state index in [1.807, 2.05) is 0 Å². The number of rotatable bonds is 5. The molecule has 0 amide bonds. The standard InChI is InChI=1S/C16H29NO2/c1-2-14-7-3-4-8-15(14)17-11-5-6-13(12-17)9-10-16(18)19/h13-15H,2-12H2,1H3,(H,18,19). The topological polar surface area (TPSA) is 40.5 Å². The molecule has 1 aliphatic carbocycles. The van der Waals surface area contributed by atoms with Crippen molar-refractivity contribution in [3.63, 3.8) is 0 Å². The molecule has 2 rings (SSSR count). The van der Waals surface area contributed by atoms with Crippen LogP contribution in [0.25, 0.3) is 0 Å². The molecule has 2 aliphatic rings. The summed E-state index contributed by atoms with van der Waals surface area (Å²) in [6.45, 7) is 4.72. The number of nitrogens with zero attached hydrogens (tertiary/aromatic N) is 1. The summed E-state index contributed by atoms with van der Waals surface area (Å²) in [7, 11) is 0. The van der Waals surface area contributed by atoms with E-state index in [4.69, 9.17) is 5.11 Å². The lowest BCUT2D eigenvalue weighted by Gasteiger charge is -2.44. The molecule has 1 heterocycles. The van der Waals surface area contributed by atoms with Gasteiger partial charge >= 0.3 is 5.97 Å². The molecular weight excluding hydrogens is 238 g/mol. The SMILES string of the molecule is CCC1CCCCC1N1CCCC(CCC(=O)O)C1. The Bertz CT molecular complexity index is 292. The Hall–Kier alpha value is -0.570. The van der Waals surface area contributed by atoms with Crippen LogP contribution in [0.1, 0.15) is 64.7 Å². The van der Waals surface area contributed by atoms with E-state index in [2.05, 4.69) is 11.8 Å². The van der Waals surface area contributed by atoms with E-state index < -0.39 is 5.97 Å². The fourth-order valence-corrected chi connectivity index (χ4v) is 4.11. The van der Waals surface area contributed by atoms with Crippen molar-refractivity contribution in [1.29, 1.82) is 0 Å². The quantitative estimate of drug-likeness (QED) is 0.828. The van der Waals surface area contributed by atoms with E-state index in [0.717, 1.165) is 24.9 Å². The fourth-order valence-electron chi connectivity index (χ4n) is 4.11. The second-order valence-corrected chi connectivity index (χ2v) is 6.46. The zero-order chi connectivity index (χ0) is 13.7. The molecule has 1 saturated carbocycles. The van der Waals surface area contributed by atoms with Gasteiger partial charge in [0.15, 0.2) is 0 Å². The molecule has 0 aromatic carbocycles. The van der Waals surface area contributed by atoms with Gasteiger partial charge in [0.2, 0.25) is 0 Å². The van der Waals surface area contributed by atoms with Crippen LogP contribution in [0.3, 0.4) is 0 Å². The minimum absolute atomic E-state index is 0.348. The Balaban J connectivity index is 1.86. The number of aliphatic carboxylic acids is 1. The average molecular weight is 267 g/mol. The van der Waals surface area contributed by atoms with Crippen molar-refractivity contribution in [1.82, 2.24) is 4.90 Å². The third-order valence-corrected chi connectivity index (χ3v) is 5.18. The van der Waals surface area contributed by atoms with Crippen LogP contribution in [0.4, 0.5) is 0 Å². The van der Waals surface area contributed by atoms with Crippen LogP contribution in [0, 0.1) is 11.8 Å². The molecule has 3 unspecified atom stereocenters. The predicted octanol–water partition coefficient (Wildman–Crippen LogP) is 3.53. The first-order chi connectivity index (χ1) is 9.20. The Labute approximate surface area is 117 Å². The highest BCUT2D eigenvalue weighted by molar-refractivity contribution is 5.66. The highest BCUT2D eigenvalue weighted by atomic mass is 16.4. The zero-order valence-corrected chi connectivity index (χ0v) is 12.3. The highest BCUT2D eigenvalue weighted by Crippen LogP contribution is 2.33. The largest absolute Gasteiger partial charge is 0.481 e. The van der Waals surface area contributed by atoms with Crippen molar-refractivity contribution >= 4 is 5.97 Å². The van der Waals surface area contributed by atoms with E-state index in [-0.39, 0.29) is 0 Å². The molecule has 19 heavy (non-hydrogen) atoms. The van der Waals surface area contributed by atoms with Gasteiger partial charge in [-0.05, 0) is 50.5 Å². The van der Waals surface area contributed by atoms with Gasteiger partial charge in [-0.1, -0.05) is 26.2 Å². The average Bonchev–Trinajstić information content (AvgIpc) is 2.45. The van der Waals surface area contributed by atoms with Gasteiger partial charge in [-0.3, -0.25) is 9.69 Å². The minimum atomic E-state index is -0.638. The van der Waals surface area contributed by atoms with Crippen molar-refractivity contribution in [2.75, 3.05) is 13.1 Å². The Morgan fingerprint density at radius 1 is 1.21 bits per heavy atom. The molecule has 0 radical (unpaired) electrons. The summed E-state index contributed by atoms with van der Waals surface area (Å²) in [6.07, 6.45) is 10.6. The van der Waals surface area contributed by atoms with Gasteiger partial charge in [0, 0.05) is 19.0 Å². The highest BCUT2D eigenvalue weighted by Gasteiger charge is 2.32. The lowest BCUT2D eigenvalue weighted by Crippen LogP contribution is -2.47. The number of piperidine rings is 1. The summed E-state index contributed by atoms with van der Waals surface area (Å²) in [5, 5.41) is 8.83. The number of carboxylic acid groups (broad SMARTS) is 1.